The van der Waals surface area contributed by atoms with E-state index in [1.54, 1.807) is 0 Å². The lowest BCUT2D eigenvalue weighted by molar-refractivity contribution is -0.186. The van der Waals surface area contributed by atoms with Crippen molar-refractivity contribution in [1.29, 1.82) is 0 Å². The number of carbonyl (C=O) groups is 2. The Morgan fingerprint density at radius 3 is 2.60 bits per heavy atom. The van der Waals surface area contributed by atoms with E-state index in [9.17, 15) is 22.8 Å². The number of rotatable bonds is 2. The third-order valence-electron chi connectivity index (χ3n) is 4.12. The van der Waals surface area contributed by atoms with Gasteiger partial charge in [0.2, 0.25) is 11.8 Å². The monoisotopic (exact) mass is 292 g/mol. The van der Waals surface area contributed by atoms with E-state index in [1.807, 2.05) is 0 Å². The molecule has 2 rings (SSSR count). The molecule has 1 saturated heterocycles. The highest BCUT2D eigenvalue weighted by Gasteiger charge is 2.43. The molecular weight excluding hydrogens is 273 g/mol. The second-order valence-electron chi connectivity index (χ2n) is 5.65. The molecule has 0 aromatic rings. The van der Waals surface area contributed by atoms with E-state index in [4.69, 9.17) is 0 Å². The zero-order chi connectivity index (χ0) is 14.8. The van der Waals surface area contributed by atoms with Crippen LogP contribution in [0, 0.1) is 11.8 Å². The molecule has 3 atom stereocenters. The summed E-state index contributed by atoms with van der Waals surface area (Å²) in [5.74, 6) is -2.28. The molecule has 7 heteroatoms. The number of piperidine rings is 1. The van der Waals surface area contributed by atoms with Crippen molar-refractivity contribution >= 4 is 11.8 Å². The molecule has 3 unspecified atom stereocenters. The van der Waals surface area contributed by atoms with Crippen molar-refractivity contribution in [2.24, 2.45) is 11.8 Å². The lowest BCUT2D eigenvalue weighted by Gasteiger charge is -2.31. The molecule has 2 amide bonds. The van der Waals surface area contributed by atoms with Crippen molar-refractivity contribution < 1.29 is 22.8 Å². The highest BCUT2D eigenvalue weighted by molar-refractivity contribution is 5.80. The maximum Gasteiger partial charge on any atom is 0.391 e. The van der Waals surface area contributed by atoms with Crippen molar-refractivity contribution in [3.05, 3.63) is 0 Å². The third-order valence-corrected chi connectivity index (χ3v) is 4.12. The van der Waals surface area contributed by atoms with Crippen molar-refractivity contribution in [2.75, 3.05) is 6.54 Å². The van der Waals surface area contributed by atoms with E-state index >= 15 is 0 Å². The largest absolute Gasteiger partial charge is 0.391 e. The van der Waals surface area contributed by atoms with Crippen LogP contribution in [-0.4, -0.2) is 30.6 Å². The first-order valence-electron chi connectivity index (χ1n) is 7.00. The van der Waals surface area contributed by atoms with Crippen LogP contribution in [0.25, 0.3) is 0 Å². The number of amides is 2. The van der Waals surface area contributed by atoms with Gasteiger partial charge in [0.1, 0.15) is 0 Å². The number of hydrogen-bond donors (Lipinski definition) is 2. The standard InChI is InChI=1S/C13H19F3N2O2/c14-13(15,16)9-3-1-2-8(6-9)12(20)18-10-4-5-11(19)17-7-10/h8-10H,1-7H2,(H,17,19)(H,18,20). The van der Waals surface area contributed by atoms with Crippen LogP contribution in [0.3, 0.4) is 0 Å². The fourth-order valence-electron chi connectivity index (χ4n) is 2.90. The van der Waals surface area contributed by atoms with Crippen LogP contribution in [-0.2, 0) is 9.59 Å². The Labute approximate surface area is 115 Å². The van der Waals surface area contributed by atoms with Crippen LogP contribution in [0.15, 0.2) is 0 Å². The first-order valence-corrected chi connectivity index (χ1v) is 7.00. The zero-order valence-corrected chi connectivity index (χ0v) is 11.1. The maximum atomic E-state index is 12.7. The summed E-state index contributed by atoms with van der Waals surface area (Å²) in [6.45, 7) is 0.361. The summed E-state index contributed by atoms with van der Waals surface area (Å²) in [5, 5.41) is 5.40. The summed E-state index contributed by atoms with van der Waals surface area (Å²) < 4.78 is 38.1. The van der Waals surface area contributed by atoms with Crippen LogP contribution < -0.4 is 10.6 Å². The SMILES string of the molecule is O=C1CCC(NC(=O)C2CCCC(C(F)(F)F)C2)CN1. The molecule has 0 radical (unpaired) electrons. The van der Waals surface area contributed by atoms with E-state index in [0.717, 1.165) is 0 Å². The highest BCUT2D eigenvalue weighted by atomic mass is 19.4. The average molecular weight is 292 g/mol. The normalized spacial score (nSPS) is 31.6. The van der Waals surface area contributed by atoms with Crippen LogP contribution >= 0.6 is 0 Å². The molecule has 0 aromatic heterocycles. The number of halogens is 3. The predicted molar refractivity (Wildman–Crippen MR) is 65.7 cm³/mol. The Kier molecular flexibility index (Phi) is 4.55. The molecule has 0 spiro atoms. The Hall–Kier alpha value is -1.27. The maximum absolute atomic E-state index is 12.7. The molecule has 4 nitrogen and oxygen atoms in total. The van der Waals surface area contributed by atoms with Gasteiger partial charge < -0.3 is 10.6 Å². The van der Waals surface area contributed by atoms with Crippen LogP contribution in [0.2, 0.25) is 0 Å². The summed E-state index contributed by atoms with van der Waals surface area (Å²) >= 11 is 0. The van der Waals surface area contributed by atoms with Gasteiger partial charge in [-0.15, -0.1) is 0 Å². The lowest BCUT2D eigenvalue weighted by atomic mass is 9.80. The topological polar surface area (TPSA) is 58.2 Å². The molecule has 0 bridgehead atoms. The Balaban J connectivity index is 1.84. The quantitative estimate of drug-likeness (QED) is 0.814. The first-order chi connectivity index (χ1) is 9.36. The molecule has 1 heterocycles. The van der Waals surface area contributed by atoms with Gasteiger partial charge in [-0.1, -0.05) is 6.42 Å². The molecule has 2 fully saturated rings. The number of alkyl halides is 3. The summed E-state index contributed by atoms with van der Waals surface area (Å²) in [4.78, 5) is 23.0. The Morgan fingerprint density at radius 2 is 2.00 bits per heavy atom. The van der Waals surface area contributed by atoms with Crippen LogP contribution in [0.5, 0.6) is 0 Å². The molecule has 1 aliphatic heterocycles. The number of nitrogens with one attached hydrogen (secondary N) is 2. The highest BCUT2D eigenvalue weighted by Crippen LogP contribution is 2.39. The van der Waals surface area contributed by atoms with Gasteiger partial charge in [-0.3, -0.25) is 9.59 Å². The Morgan fingerprint density at radius 1 is 1.25 bits per heavy atom. The summed E-state index contributed by atoms with van der Waals surface area (Å²) in [5.41, 5.74) is 0. The summed E-state index contributed by atoms with van der Waals surface area (Å²) in [6, 6.07) is -0.161. The second-order valence-corrected chi connectivity index (χ2v) is 5.65. The predicted octanol–water partition coefficient (Wildman–Crippen LogP) is 1.75. The van der Waals surface area contributed by atoms with E-state index in [-0.39, 0.29) is 30.7 Å². The van der Waals surface area contributed by atoms with Gasteiger partial charge in [0.05, 0.1) is 5.92 Å². The Bertz CT molecular complexity index is 374. The molecule has 1 saturated carbocycles. The molecule has 2 aliphatic rings. The van der Waals surface area contributed by atoms with Crippen molar-refractivity contribution in [2.45, 2.75) is 50.7 Å². The minimum atomic E-state index is -4.21. The average Bonchev–Trinajstić information content (AvgIpc) is 2.40. The first kappa shape index (κ1) is 15.1. The molecular formula is C13H19F3N2O2. The summed E-state index contributed by atoms with van der Waals surface area (Å²) in [6.07, 6.45) is -2.37. The van der Waals surface area contributed by atoms with Gasteiger partial charge in [-0.2, -0.15) is 13.2 Å². The minimum Gasteiger partial charge on any atom is -0.354 e. The van der Waals surface area contributed by atoms with Crippen LogP contribution in [0.4, 0.5) is 13.2 Å². The van der Waals surface area contributed by atoms with E-state index < -0.39 is 18.0 Å². The van der Waals surface area contributed by atoms with Gasteiger partial charge in [-0.05, 0) is 25.7 Å². The lowest BCUT2D eigenvalue weighted by Crippen LogP contribution is -2.50. The molecule has 2 N–H and O–H groups in total. The molecule has 0 aromatic carbocycles. The van der Waals surface area contributed by atoms with E-state index in [2.05, 4.69) is 10.6 Å². The van der Waals surface area contributed by atoms with Gasteiger partial charge in [0.25, 0.3) is 0 Å². The number of carbonyl (C=O) groups excluding carboxylic acids is 2. The van der Waals surface area contributed by atoms with Gasteiger partial charge in [-0.25, -0.2) is 0 Å². The van der Waals surface area contributed by atoms with Crippen LogP contribution in [0.1, 0.15) is 38.5 Å². The minimum absolute atomic E-state index is 0.0506. The van der Waals surface area contributed by atoms with E-state index in [0.29, 0.717) is 32.2 Å². The van der Waals surface area contributed by atoms with Crippen molar-refractivity contribution in [1.82, 2.24) is 10.6 Å². The van der Waals surface area contributed by atoms with Crippen molar-refractivity contribution in [3.63, 3.8) is 0 Å². The second kappa shape index (κ2) is 6.01. The van der Waals surface area contributed by atoms with Gasteiger partial charge >= 0.3 is 6.18 Å². The number of hydrogen-bond acceptors (Lipinski definition) is 2. The molecule has 114 valence electrons. The van der Waals surface area contributed by atoms with E-state index in [1.165, 1.54) is 0 Å². The zero-order valence-electron chi connectivity index (χ0n) is 11.1. The summed E-state index contributed by atoms with van der Waals surface area (Å²) in [7, 11) is 0. The van der Waals surface area contributed by atoms with Gasteiger partial charge in [0.15, 0.2) is 0 Å². The fourth-order valence-corrected chi connectivity index (χ4v) is 2.90. The molecule has 1 aliphatic carbocycles. The van der Waals surface area contributed by atoms with Gasteiger partial charge in [0, 0.05) is 24.9 Å². The third kappa shape index (κ3) is 3.86. The molecule has 20 heavy (non-hydrogen) atoms. The van der Waals surface area contributed by atoms with Crippen molar-refractivity contribution in [3.8, 4) is 0 Å². The smallest absolute Gasteiger partial charge is 0.354 e. The fraction of sp³-hybridized carbons (Fsp3) is 0.846.